The second-order valence-corrected chi connectivity index (χ2v) is 5.81. The van der Waals surface area contributed by atoms with Crippen LogP contribution in [0.3, 0.4) is 0 Å². The van der Waals surface area contributed by atoms with Gasteiger partial charge in [-0.2, -0.15) is 0 Å². The quantitative estimate of drug-likeness (QED) is 0.589. The summed E-state index contributed by atoms with van der Waals surface area (Å²) >= 11 is 0. The zero-order valence-corrected chi connectivity index (χ0v) is 13.4. The van der Waals surface area contributed by atoms with Crippen molar-refractivity contribution in [2.75, 3.05) is 0 Å². The largest absolute Gasteiger partial charge is 0.256 e. The predicted octanol–water partition coefficient (Wildman–Crippen LogP) is 5.73. The Morgan fingerprint density at radius 2 is 2.00 bits per heavy atom. The van der Waals surface area contributed by atoms with Crippen molar-refractivity contribution in [1.82, 2.24) is 0 Å². The molecule has 0 aromatic heterocycles. The van der Waals surface area contributed by atoms with Crippen LogP contribution in [-0.4, -0.2) is 5.71 Å². The maximum Gasteiger partial charge on any atom is 0.0761 e. The van der Waals surface area contributed by atoms with Gasteiger partial charge in [0.05, 0.1) is 5.71 Å². The summed E-state index contributed by atoms with van der Waals surface area (Å²) in [6, 6.07) is 0. The molecule has 22 heavy (non-hydrogen) atoms. The fraction of sp³-hybridized carbons (Fsp3) is 0.286. The monoisotopic (exact) mass is 291 g/mol. The standard InChI is InChI=1S/C21H25N/c1-17-11-8-9-13-20(17)15-14-19(3)21-18(2)12-7-5-4-6-10-16-22-21/h7-17,20H,2-6H2,1H3/b12-7-,15-14-,16-10-,22-21+. The summed E-state index contributed by atoms with van der Waals surface area (Å²) in [4.78, 5) is 4.55. The molecular formula is C21H25N. The molecule has 2 unspecified atom stereocenters. The van der Waals surface area contributed by atoms with Gasteiger partial charge in [-0.25, -0.2) is 0 Å². The minimum Gasteiger partial charge on any atom is -0.256 e. The second-order valence-electron chi connectivity index (χ2n) is 5.81. The van der Waals surface area contributed by atoms with Crippen LogP contribution in [0, 0.1) is 11.8 Å². The van der Waals surface area contributed by atoms with Gasteiger partial charge in [0.2, 0.25) is 0 Å². The fourth-order valence-corrected chi connectivity index (χ4v) is 2.51. The molecule has 0 N–H and O–H groups in total. The van der Waals surface area contributed by atoms with Crippen molar-refractivity contribution in [2.24, 2.45) is 16.8 Å². The van der Waals surface area contributed by atoms with Crippen LogP contribution in [0.4, 0.5) is 0 Å². The Labute approximate surface area is 134 Å². The third-order valence-electron chi connectivity index (χ3n) is 3.96. The van der Waals surface area contributed by atoms with Crippen LogP contribution in [0.1, 0.15) is 26.2 Å². The van der Waals surface area contributed by atoms with Gasteiger partial charge in [-0.15, -0.1) is 0 Å². The summed E-state index contributed by atoms with van der Waals surface area (Å²) in [6.45, 7) is 10.5. The lowest BCUT2D eigenvalue weighted by atomic mass is 9.89. The first-order chi connectivity index (χ1) is 10.7. The van der Waals surface area contributed by atoms with E-state index < -0.39 is 0 Å². The van der Waals surface area contributed by atoms with Crippen molar-refractivity contribution in [1.29, 1.82) is 0 Å². The minimum absolute atomic E-state index is 0.418. The lowest BCUT2D eigenvalue weighted by Gasteiger charge is -2.16. The molecule has 0 saturated heterocycles. The molecule has 1 aliphatic carbocycles. The van der Waals surface area contributed by atoms with Gasteiger partial charge in [-0.3, -0.25) is 4.99 Å². The summed E-state index contributed by atoms with van der Waals surface area (Å²) in [6.07, 6.45) is 24.4. The van der Waals surface area contributed by atoms with Gasteiger partial charge < -0.3 is 0 Å². The Bertz CT molecular complexity index is 593. The van der Waals surface area contributed by atoms with Gasteiger partial charge in [-0.1, -0.05) is 74.8 Å². The van der Waals surface area contributed by atoms with Gasteiger partial charge in [-0.05, 0) is 36.3 Å². The van der Waals surface area contributed by atoms with E-state index in [0.717, 1.165) is 36.1 Å². The Morgan fingerprint density at radius 3 is 2.82 bits per heavy atom. The van der Waals surface area contributed by atoms with E-state index in [1.807, 2.05) is 6.20 Å². The van der Waals surface area contributed by atoms with Crippen molar-refractivity contribution in [3.8, 4) is 0 Å². The van der Waals surface area contributed by atoms with Gasteiger partial charge in [0.15, 0.2) is 0 Å². The fourth-order valence-electron chi connectivity index (χ4n) is 2.51. The van der Waals surface area contributed by atoms with Crippen LogP contribution in [-0.2, 0) is 0 Å². The second kappa shape index (κ2) is 8.33. The number of hydrogen-bond acceptors (Lipinski definition) is 1. The highest BCUT2D eigenvalue weighted by atomic mass is 14.7. The van der Waals surface area contributed by atoms with E-state index >= 15 is 0 Å². The first-order valence-electron chi connectivity index (χ1n) is 7.99. The molecule has 0 amide bonds. The van der Waals surface area contributed by atoms with Crippen LogP contribution in [0.2, 0.25) is 0 Å². The Morgan fingerprint density at radius 1 is 1.23 bits per heavy atom. The lowest BCUT2D eigenvalue weighted by Crippen LogP contribution is -2.07. The third-order valence-corrected chi connectivity index (χ3v) is 3.96. The van der Waals surface area contributed by atoms with E-state index in [4.69, 9.17) is 0 Å². The van der Waals surface area contributed by atoms with Crippen molar-refractivity contribution in [3.05, 3.63) is 85.2 Å². The molecule has 0 aromatic rings. The molecule has 2 rings (SSSR count). The first kappa shape index (κ1) is 16.2. The number of nitrogens with zero attached hydrogens (tertiary/aromatic N) is 1. The van der Waals surface area contributed by atoms with Crippen molar-refractivity contribution >= 4 is 5.71 Å². The summed E-state index contributed by atoms with van der Waals surface area (Å²) in [5.74, 6) is 0.935. The van der Waals surface area contributed by atoms with Crippen LogP contribution in [0.15, 0.2) is 90.2 Å². The zero-order chi connectivity index (χ0) is 15.8. The number of allylic oxidation sites excluding steroid dienone is 11. The number of aliphatic imine (C=N–C) groups is 1. The van der Waals surface area contributed by atoms with E-state index in [1.165, 1.54) is 0 Å². The Kier molecular flexibility index (Phi) is 6.14. The average molecular weight is 291 g/mol. The SMILES string of the molecule is C=C1/C=C\CCC/C=C\N=C/1C(=C)/C=C\C1C=CC=CC1C. The van der Waals surface area contributed by atoms with E-state index in [9.17, 15) is 0 Å². The molecule has 0 radical (unpaired) electrons. The van der Waals surface area contributed by atoms with Crippen molar-refractivity contribution in [3.63, 3.8) is 0 Å². The molecule has 1 aliphatic heterocycles. The van der Waals surface area contributed by atoms with E-state index in [1.54, 1.807) is 0 Å². The molecule has 2 aliphatic rings. The molecule has 0 aromatic carbocycles. The highest BCUT2D eigenvalue weighted by molar-refractivity contribution is 6.15. The van der Waals surface area contributed by atoms with Crippen LogP contribution in [0.25, 0.3) is 0 Å². The smallest absolute Gasteiger partial charge is 0.0761 e. The minimum atomic E-state index is 0.418. The summed E-state index contributed by atoms with van der Waals surface area (Å²) < 4.78 is 0. The average Bonchev–Trinajstić information content (AvgIpc) is 2.52. The summed E-state index contributed by atoms with van der Waals surface area (Å²) in [5, 5.41) is 0. The van der Waals surface area contributed by atoms with Gasteiger partial charge in [0, 0.05) is 12.1 Å². The molecule has 2 atom stereocenters. The molecule has 114 valence electrons. The highest BCUT2D eigenvalue weighted by Crippen LogP contribution is 2.21. The van der Waals surface area contributed by atoms with E-state index in [-0.39, 0.29) is 0 Å². The highest BCUT2D eigenvalue weighted by Gasteiger charge is 2.11. The molecule has 0 spiro atoms. The van der Waals surface area contributed by atoms with Gasteiger partial charge in [0.1, 0.15) is 0 Å². The zero-order valence-electron chi connectivity index (χ0n) is 13.4. The molecule has 1 heteroatoms. The normalized spacial score (nSPS) is 30.8. The lowest BCUT2D eigenvalue weighted by molar-refractivity contribution is 0.605. The number of hydrogen-bond donors (Lipinski definition) is 0. The van der Waals surface area contributed by atoms with Gasteiger partial charge in [0.25, 0.3) is 0 Å². The molecule has 1 heterocycles. The third kappa shape index (κ3) is 4.70. The maximum absolute atomic E-state index is 4.55. The summed E-state index contributed by atoms with van der Waals surface area (Å²) in [7, 11) is 0. The van der Waals surface area contributed by atoms with Crippen molar-refractivity contribution < 1.29 is 0 Å². The van der Waals surface area contributed by atoms with Crippen LogP contribution in [0.5, 0.6) is 0 Å². The number of rotatable bonds is 3. The van der Waals surface area contributed by atoms with E-state index in [0.29, 0.717) is 11.8 Å². The topological polar surface area (TPSA) is 12.4 Å². The van der Waals surface area contributed by atoms with E-state index in [2.05, 4.69) is 79.8 Å². The Balaban J connectivity index is 2.13. The molecule has 0 bridgehead atoms. The van der Waals surface area contributed by atoms with Crippen molar-refractivity contribution in [2.45, 2.75) is 26.2 Å². The molecule has 0 fully saturated rings. The molecule has 0 saturated carbocycles. The van der Waals surface area contributed by atoms with Gasteiger partial charge >= 0.3 is 0 Å². The Hall–Kier alpha value is -2.15. The molecular weight excluding hydrogens is 266 g/mol. The summed E-state index contributed by atoms with van der Waals surface area (Å²) in [5.41, 5.74) is 2.71. The van der Waals surface area contributed by atoms with Crippen LogP contribution >= 0.6 is 0 Å². The first-order valence-corrected chi connectivity index (χ1v) is 7.99. The molecule has 1 nitrogen and oxygen atoms in total. The van der Waals surface area contributed by atoms with Crippen LogP contribution < -0.4 is 0 Å². The predicted molar refractivity (Wildman–Crippen MR) is 97.9 cm³/mol. The maximum atomic E-state index is 4.55.